The third-order valence-corrected chi connectivity index (χ3v) is 5.97. The van der Waals surface area contributed by atoms with Crippen LogP contribution in [0.15, 0.2) is 54.6 Å². The maximum absolute atomic E-state index is 12.0. The van der Waals surface area contributed by atoms with E-state index in [-0.39, 0.29) is 6.04 Å². The van der Waals surface area contributed by atoms with E-state index in [4.69, 9.17) is 11.6 Å². The number of carboxylic acids is 1. The van der Waals surface area contributed by atoms with Crippen molar-refractivity contribution in [1.29, 1.82) is 0 Å². The summed E-state index contributed by atoms with van der Waals surface area (Å²) in [5.41, 5.74) is 5.45. The lowest BCUT2D eigenvalue weighted by Crippen LogP contribution is -2.27. The van der Waals surface area contributed by atoms with E-state index >= 15 is 0 Å². The fourth-order valence-corrected chi connectivity index (χ4v) is 3.99. The molecule has 1 atom stereocenters. The highest BCUT2D eigenvalue weighted by Crippen LogP contribution is 2.24. The zero-order valence-electron chi connectivity index (χ0n) is 17.8. The predicted octanol–water partition coefficient (Wildman–Crippen LogP) is 5.62. The van der Waals surface area contributed by atoms with Crippen LogP contribution in [0, 0.1) is 13.8 Å². The molecule has 2 aromatic carbocycles. The second-order valence-electron chi connectivity index (χ2n) is 7.85. The van der Waals surface area contributed by atoms with E-state index in [0.717, 1.165) is 35.4 Å². The highest BCUT2D eigenvalue weighted by Gasteiger charge is 2.22. The Morgan fingerprint density at radius 2 is 1.70 bits per heavy atom. The second-order valence-corrected chi connectivity index (χ2v) is 8.28. The summed E-state index contributed by atoms with van der Waals surface area (Å²) in [5.74, 6) is -0.876. The molecule has 3 aromatic rings. The van der Waals surface area contributed by atoms with Crippen molar-refractivity contribution >= 4 is 17.6 Å². The first-order valence-electron chi connectivity index (χ1n) is 10.3. The molecule has 0 aliphatic rings. The standard InChI is InChI=1S/C25H29ClN2O2/c1-17(9-10-20-7-5-4-6-8-20)27-15-23-18(2)28(19(3)24(23)25(29)30)16-21-11-13-22(26)14-12-21/h4-8,11-14,17,27H,9-10,15-16H2,1-3H3,(H,29,30)/t17-/m0/s1. The normalized spacial score (nSPS) is 12.1. The molecule has 0 spiro atoms. The number of rotatable bonds is 9. The Hall–Kier alpha value is -2.56. The number of halogens is 1. The fraction of sp³-hybridized carbons (Fsp3) is 0.320. The Balaban J connectivity index is 1.73. The van der Waals surface area contributed by atoms with Crippen LogP contribution in [0.25, 0.3) is 0 Å². The van der Waals surface area contributed by atoms with Gasteiger partial charge in [0, 0.05) is 41.1 Å². The van der Waals surface area contributed by atoms with Crippen LogP contribution in [-0.2, 0) is 19.5 Å². The van der Waals surface area contributed by atoms with Crippen molar-refractivity contribution < 1.29 is 9.90 Å². The van der Waals surface area contributed by atoms with Gasteiger partial charge in [-0.05, 0) is 56.9 Å². The lowest BCUT2D eigenvalue weighted by molar-refractivity contribution is 0.0694. The molecule has 2 N–H and O–H groups in total. The van der Waals surface area contributed by atoms with Crippen molar-refractivity contribution in [3.8, 4) is 0 Å². The van der Waals surface area contributed by atoms with Gasteiger partial charge in [0.25, 0.3) is 0 Å². The Bertz CT molecular complexity index is 994. The molecule has 158 valence electrons. The topological polar surface area (TPSA) is 54.3 Å². The smallest absolute Gasteiger partial charge is 0.337 e. The average Bonchev–Trinajstić information content (AvgIpc) is 2.97. The largest absolute Gasteiger partial charge is 0.478 e. The molecule has 3 rings (SSSR count). The van der Waals surface area contributed by atoms with E-state index < -0.39 is 5.97 Å². The third kappa shape index (κ3) is 5.32. The van der Waals surface area contributed by atoms with Crippen LogP contribution < -0.4 is 5.32 Å². The Labute approximate surface area is 183 Å². The summed E-state index contributed by atoms with van der Waals surface area (Å²) in [6.07, 6.45) is 1.99. The fourth-order valence-electron chi connectivity index (χ4n) is 3.86. The Kier molecular flexibility index (Phi) is 7.35. The minimum Gasteiger partial charge on any atom is -0.478 e. The van der Waals surface area contributed by atoms with Gasteiger partial charge in [0.15, 0.2) is 0 Å². The SMILES string of the molecule is Cc1c(CN[C@@H](C)CCc2ccccc2)c(C(=O)O)c(C)n1Cc1ccc(Cl)cc1. The van der Waals surface area contributed by atoms with Crippen LogP contribution in [-0.4, -0.2) is 21.7 Å². The van der Waals surface area contributed by atoms with Crippen LogP contribution in [0.3, 0.4) is 0 Å². The van der Waals surface area contributed by atoms with Crippen molar-refractivity contribution in [3.05, 3.63) is 93.3 Å². The summed E-state index contributed by atoms with van der Waals surface area (Å²) in [5, 5.41) is 14.1. The zero-order valence-corrected chi connectivity index (χ0v) is 18.5. The van der Waals surface area contributed by atoms with Gasteiger partial charge >= 0.3 is 5.97 Å². The summed E-state index contributed by atoms with van der Waals surface area (Å²) in [4.78, 5) is 12.0. The molecule has 1 aromatic heterocycles. The summed E-state index contributed by atoms with van der Waals surface area (Å²) in [6.45, 7) is 7.20. The number of hydrogen-bond acceptors (Lipinski definition) is 2. The molecule has 0 unspecified atom stereocenters. The monoisotopic (exact) mass is 424 g/mol. The number of aromatic carboxylic acids is 1. The molecule has 0 aliphatic carbocycles. The van der Waals surface area contributed by atoms with Crippen molar-refractivity contribution in [3.63, 3.8) is 0 Å². The van der Waals surface area contributed by atoms with Gasteiger partial charge in [0.1, 0.15) is 0 Å². The van der Waals surface area contributed by atoms with Gasteiger partial charge in [-0.2, -0.15) is 0 Å². The molecular weight excluding hydrogens is 396 g/mol. The first-order valence-corrected chi connectivity index (χ1v) is 10.7. The van der Waals surface area contributed by atoms with E-state index in [1.54, 1.807) is 0 Å². The second kappa shape index (κ2) is 9.96. The lowest BCUT2D eigenvalue weighted by atomic mass is 10.1. The summed E-state index contributed by atoms with van der Waals surface area (Å²) >= 11 is 5.99. The predicted molar refractivity (Wildman–Crippen MR) is 122 cm³/mol. The van der Waals surface area contributed by atoms with Gasteiger partial charge in [0.2, 0.25) is 0 Å². The van der Waals surface area contributed by atoms with Gasteiger partial charge in [-0.3, -0.25) is 0 Å². The van der Waals surface area contributed by atoms with Crippen LogP contribution in [0.1, 0.15) is 51.8 Å². The van der Waals surface area contributed by atoms with E-state index in [0.29, 0.717) is 23.7 Å². The molecule has 0 amide bonds. The van der Waals surface area contributed by atoms with Crippen molar-refractivity contribution in [1.82, 2.24) is 9.88 Å². The molecule has 0 fully saturated rings. The molecule has 1 heterocycles. The van der Waals surface area contributed by atoms with E-state index in [9.17, 15) is 9.90 Å². The third-order valence-electron chi connectivity index (χ3n) is 5.71. The van der Waals surface area contributed by atoms with Crippen molar-refractivity contribution in [2.75, 3.05) is 0 Å². The zero-order chi connectivity index (χ0) is 21.7. The maximum atomic E-state index is 12.0. The minimum absolute atomic E-state index is 0.283. The number of hydrogen-bond donors (Lipinski definition) is 2. The summed E-state index contributed by atoms with van der Waals surface area (Å²) in [6, 6.07) is 18.4. The Morgan fingerprint density at radius 1 is 1.03 bits per heavy atom. The first kappa shape index (κ1) is 22.1. The number of benzene rings is 2. The lowest BCUT2D eigenvalue weighted by Gasteiger charge is -2.15. The maximum Gasteiger partial charge on any atom is 0.337 e. The summed E-state index contributed by atoms with van der Waals surface area (Å²) in [7, 11) is 0. The highest BCUT2D eigenvalue weighted by atomic mass is 35.5. The van der Waals surface area contributed by atoms with Gasteiger partial charge in [-0.25, -0.2) is 4.79 Å². The number of carbonyl (C=O) groups is 1. The number of carboxylic acid groups (broad SMARTS) is 1. The molecule has 4 nitrogen and oxygen atoms in total. The van der Waals surface area contributed by atoms with Crippen molar-refractivity contribution in [2.45, 2.75) is 52.7 Å². The molecule has 30 heavy (non-hydrogen) atoms. The van der Waals surface area contributed by atoms with Crippen LogP contribution in [0.4, 0.5) is 0 Å². The number of nitrogens with zero attached hydrogens (tertiary/aromatic N) is 1. The molecule has 0 bridgehead atoms. The van der Waals surface area contributed by atoms with Crippen LogP contribution in [0.5, 0.6) is 0 Å². The molecule has 0 radical (unpaired) electrons. The van der Waals surface area contributed by atoms with Gasteiger partial charge in [0.05, 0.1) is 5.56 Å². The minimum atomic E-state index is -0.876. The number of nitrogens with one attached hydrogen (secondary N) is 1. The molecular formula is C25H29ClN2O2. The highest BCUT2D eigenvalue weighted by molar-refractivity contribution is 6.30. The van der Waals surface area contributed by atoms with Crippen LogP contribution in [0.2, 0.25) is 5.02 Å². The molecule has 0 saturated carbocycles. The van der Waals surface area contributed by atoms with E-state index in [1.807, 2.05) is 44.2 Å². The molecule has 5 heteroatoms. The van der Waals surface area contributed by atoms with E-state index in [1.165, 1.54) is 5.56 Å². The first-order chi connectivity index (χ1) is 14.4. The van der Waals surface area contributed by atoms with Crippen LogP contribution >= 0.6 is 11.6 Å². The number of aromatic nitrogens is 1. The average molecular weight is 425 g/mol. The molecule has 0 saturated heterocycles. The van der Waals surface area contributed by atoms with E-state index in [2.05, 4.69) is 41.1 Å². The van der Waals surface area contributed by atoms with Crippen molar-refractivity contribution in [2.24, 2.45) is 0 Å². The summed E-state index contributed by atoms with van der Waals surface area (Å²) < 4.78 is 2.08. The molecule has 0 aliphatic heterocycles. The quantitative estimate of drug-likeness (QED) is 0.469. The van der Waals surface area contributed by atoms with Gasteiger partial charge in [-0.15, -0.1) is 0 Å². The van der Waals surface area contributed by atoms with Gasteiger partial charge in [-0.1, -0.05) is 54.1 Å². The van der Waals surface area contributed by atoms with Gasteiger partial charge < -0.3 is 15.0 Å². The Morgan fingerprint density at radius 3 is 2.33 bits per heavy atom. The number of aryl methyl sites for hydroxylation is 1.